The number of carbonyl (C=O) groups is 1. The number of hydrogen-bond donors (Lipinski definition) is 0. The Morgan fingerprint density at radius 3 is 2.41 bits per heavy atom. The lowest BCUT2D eigenvalue weighted by molar-refractivity contribution is -0.132. The summed E-state index contributed by atoms with van der Waals surface area (Å²) in [6, 6.07) is 13.8. The summed E-state index contributed by atoms with van der Waals surface area (Å²) >= 11 is 0. The van der Waals surface area contributed by atoms with Gasteiger partial charge in [-0.1, -0.05) is 24.3 Å². The number of para-hydroxylation sites is 2. The van der Waals surface area contributed by atoms with Crippen molar-refractivity contribution >= 4 is 16.9 Å². The number of rotatable bonds is 4. The highest BCUT2D eigenvalue weighted by molar-refractivity contribution is 5.81. The van der Waals surface area contributed by atoms with Gasteiger partial charge in [-0.3, -0.25) is 13.9 Å². The van der Waals surface area contributed by atoms with E-state index in [1.165, 1.54) is 12.1 Å². The van der Waals surface area contributed by atoms with Gasteiger partial charge in [0, 0.05) is 13.1 Å². The van der Waals surface area contributed by atoms with Crippen LogP contribution in [0.2, 0.25) is 0 Å². The molecule has 0 saturated carbocycles. The molecule has 0 N–H and O–H groups in total. The zero-order valence-electron chi connectivity index (χ0n) is 15.3. The molecular formula is C21H22FN3O2. The molecule has 1 aromatic heterocycles. The molecule has 27 heavy (non-hydrogen) atoms. The van der Waals surface area contributed by atoms with E-state index < -0.39 is 0 Å². The number of imidazole rings is 1. The fourth-order valence-corrected chi connectivity index (χ4v) is 4.05. The van der Waals surface area contributed by atoms with Gasteiger partial charge in [0.1, 0.15) is 12.4 Å². The van der Waals surface area contributed by atoms with Crippen molar-refractivity contribution in [3.63, 3.8) is 0 Å². The van der Waals surface area contributed by atoms with Gasteiger partial charge in [-0.25, -0.2) is 9.18 Å². The summed E-state index contributed by atoms with van der Waals surface area (Å²) < 4.78 is 16.5. The van der Waals surface area contributed by atoms with Crippen LogP contribution in [0.15, 0.2) is 53.3 Å². The average Bonchev–Trinajstić information content (AvgIpc) is 3.26. The molecule has 4 rings (SSSR count). The van der Waals surface area contributed by atoms with Gasteiger partial charge >= 0.3 is 5.69 Å². The Balaban J connectivity index is 1.64. The average molecular weight is 367 g/mol. The van der Waals surface area contributed by atoms with Crippen LogP contribution in [0.25, 0.3) is 11.0 Å². The minimum Gasteiger partial charge on any atom is -0.334 e. The largest absolute Gasteiger partial charge is 0.334 e. The molecule has 3 aromatic rings. The van der Waals surface area contributed by atoms with Gasteiger partial charge in [-0.2, -0.15) is 0 Å². The van der Waals surface area contributed by atoms with Crippen molar-refractivity contribution in [3.8, 4) is 0 Å². The van der Waals surface area contributed by atoms with Gasteiger partial charge < -0.3 is 4.90 Å². The summed E-state index contributed by atoms with van der Waals surface area (Å²) in [5, 5.41) is 0. The zero-order chi connectivity index (χ0) is 19.0. The fraction of sp³-hybridized carbons (Fsp3) is 0.333. The molecule has 1 aliphatic rings. The van der Waals surface area contributed by atoms with E-state index in [1.807, 2.05) is 36.1 Å². The van der Waals surface area contributed by atoms with Gasteiger partial charge in [0.15, 0.2) is 0 Å². The van der Waals surface area contributed by atoms with Crippen LogP contribution in [0.4, 0.5) is 4.39 Å². The molecule has 1 aliphatic heterocycles. The Morgan fingerprint density at radius 2 is 1.74 bits per heavy atom. The second kappa shape index (κ2) is 7.02. The molecule has 6 heteroatoms. The maximum Gasteiger partial charge on any atom is 0.329 e. The Bertz CT molecular complexity index is 1040. The molecule has 0 bridgehead atoms. The van der Waals surface area contributed by atoms with Crippen LogP contribution in [-0.2, 0) is 17.9 Å². The second-order valence-corrected chi connectivity index (χ2v) is 6.90. The van der Waals surface area contributed by atoms with Gasteiger partial charge in [-0.15, -0.1) is 0 Å². The zero-order valence-corrected chi connectivity index (χ0v) is 15.3. The third-order valence-corrected chi connectivity index (χ3v) is 5.36. The molecule has 1 saturated heterocycles. The first-order valence-electron chi connectivity index (χ1n) is 9.33. The van der Waals surface area contributed by atoms with E-state index in [2.05, 4.69) is 0 Å². The van der Waals surface area contributed by atoms with Crippen LogP contribution in [0.3, 0.4) is 0 Å². The second-order valence-electron chi connectivity index (χ2n) is 6.90. The lowest BCUT2D eigenvalue weighted by atomic mass is 10.0. The molecule has 1 amide bonds. The van der Waals surface area contributed by atoms with E-state index in [4.69, 9.17) is 0 Å². The Morgan fingerprint density at radius 1 is 1.07 bits per heavy atom. The van der Waals surface area contributed by atoms with Crippen molar-refractivity contribution in [2.24, 2.45) is 0 Å². The lowest BCUT2D eigenvalue weighted by Gasteiger charge is -2.25. The van der Waals surface area contributed by atoms with Crippen LogP contribution >= 0.6 is 0 Å². The highest BCUT2D eigenvalue weighted by atomic mass is 19.1. The molecule has 2 aromatic carbocycles. The van der Waals surface area contributed by atoms with E-state index in [0.717, 1.165) is 29.4 Å². The lowest BCUT2D eigenvalue weighted by Crippen LogP contribution is -2.36. The van der Waals surface area contributed by atoms with Crippen LogP contribution in [0, 0.1) is 5.82 Å². The van der Waals surface area contributed by atoms with E-state index in [-0.39, 0.29) is 30.0 Å². The Hall–Kier alpha value is -2.89. The summed E-state index contributed by atoms with van der Waals surface area (Å²) in [5.41, 5.74) is 2.39. The number of aromatic nitrogens is 2. The van der Waals surface area contributed by atoms with Crippen molar-refractivity contribution in [3.05, 3.63) is 70.4 Å². The van der Waals surface area contributed by atoms with Gasteiger partial charge in [0.2, 0.25) is 5.91 Å². The van der Waals surface area contributed by atoms with Crippen molar-refractivity contribution in [2.75, 3.05) is 6.54 Å². The Kier molecular flexibility index (Phi) is 4.56. The number of amides is 1. The SMILES string of the molecule is CCn1c(=O)n(CC(=O)N2CCCC2c2ccc(F)cc2)c2ccccc21. The van der Waals surface area contributed by atoms with E-state index >= 15 is 0 Å². The predicted octanol–water partition coefficient (Wildman–Crippen LogP) is 3.33. The third kappa shape index (κ3) is 3.05. The highest BCUT2D eigenvalue weighted by Gasteiger charge is 2.30. The number of likely N-dealkylation sites (tertiary alicyclic amines) is 1. The van der Waals surface area contributed by atoms with Crippen molar-refractivity contribution in [1.29, 1.82) is 0 Å². The summed E-state index contributed by atoms with van der Waals surface area (Å²) in [6.07, 6.45) is 1.75. The maximum atomic E-state index is 13.2. The molecule has 5 nitrogen and oxygen atoms in total. The topological polar surface area (TPSA) is 47.2 Å². The fourth-order valence-electron chi connectivity index (χ4n) is 4.05. The van der Waals surface area contributed by atoms with E-state index in [0.29, 0.717) is 13.1 Å². The molecule has 0 spiro atoms. The first kappa shape index (κ1) is 17.5. The van der Waals surface area contributed by atoms with Gasteiger partial charge in [-0.05, 0) is 49.6 Å². The number of hydrogen-bond acceptors (Lipinski definition) is 2. The van der Waals surface area contributed by atoms with Gasteiger partial charge in [0.05, 0.1) is 17.1 Å². The number of nitrogens with zero attached hydrogens (tertiary/aromatic N) is 3. The first-order valence-corrected chi connectivity index (χ1v) is 9.33. The standard InChI is InChI=1S/C21H22FN3O2/c1-2-23-18-6-3-4-7-19(18)25(21(23)27)14-20(26)24-13-5-8-17(24)15-9-11-16(22)12-10-15/h3-4,6-7,9-12,17H,2,5,8,13-14H2,1H3. The van der Waals surface area contributed by atoms with Crippen molar-refractivity contribution < 1.29 is 9.18 Å². The Labute approximate surface area is 156 Å². The van der Waals surface area contributed by atoms with Crippen molar-refractivity contribution in [2.45, 2.75) is 38.9 Å². The molecule has 1 fully saturated rings. The smallest absolute Gasteiger partial charge is 0.329 e. The molecule has 0 radical (unpaired) electrons. The number of aryl methyl sites for hydroxylation is 1. The normalized spacial score (nSPS) is 17.0. The molecule has 140 valence electrons. The molecule has 2 heterocycles. The monoisotopic (exact) mass is 367 g/mol. The van der Waals surface area contributed by atoms with E-state index in [1.54, 1.807) is 21.3 Å². The predicted molar refractivity (Wildman–Crippen MR) is 102 cm³/mol. The molecule has 1 unspecified atom stereocenters. The minimum absolute atomic E-state index is 0.0179. The highest BCUT2D eigenvalue weighted by Crippen LogP contribution is 2.32. The van der Waals surface area contributed by atoms with Crippen LogP contribution in [0.1, 0.15) is 31.4 Å². The number of carbonyl (C=O) groups excluding carboxylic acids is 1. The van der Waals surface area contributed by atoms with Crippen LogP contribution < -0.4 is 5.69 Å². The molecular weight excluding hydrogens is 345 g/mol. The number of fused-ring (bicyclic) bond motifs is 1. The van der Waals surface area contributed by atoms with Crippen LogP contribution in [0.5, 0.6) is 0 Å². The first-order chi connectivity index (χ1) is 13.1. The molecule has 1 atom stereocenters. The minimum atomic E-state index is -0.284. The number of halogens is 1. The number of benzene rings is 2. The summed E-state index contributed by atoms with van der Waals surface area (Å²) in [5.74, 6) is -0.364. The van der Waals surface area contributed by atoms with E-state index in [9.17, 15) is 14.0 Å². The van der Waals surface area contributed by atoms with Crippen LogP contribution in [-0.4, -0.2) is 26.5 Å². The summed E-state index contributed by atoms with van der Waals surface area (Å²) in [7, 11) is 0. The maximum absolute atomic E-state index is 13.2. The third-order valence-electron chi connectivity index (χ3n) is 5.36. The molecule has 0 aliphatic carbocycles. The summed E-state index contributed by atoms with van der Waals surface area (Å²) in [4.78, 5) is 27.6. The summed E-state index contributed by atoms with van der Waals surface area (Å²) in [6.45, 7) is 3.15. The van der Waals surface area contributed by atoms with Crippen molar-refractivity contribution in [1.82, 2.24) is 14.0 Å². The van der Waals surface area contributed by atoms with Gasteiger partial charge in [0.25, 0.3) is 0 Å². The quantitative estimate of drug-likeness (QED) is 0.710.